The number of carbonyl (C=O) groups excluding carboxylic acids is 1. The van der Waals surface area contributed by atoms with E-state index in [1.54, 1.807) is 11.9 Å². The molecule has 0 aromatic heterocycles. The molecule has 1 N–H and O–H groups in total. The number of benzene rings is 1. The highest BCUT2D eigenvalue weighted by Crippen LogP contribution is 2.17. The number of hydrogen-bond donors (Lipinski definition) is 1. The molecule has 140 valence electrons. The summed E-state index contributed by atoms with van der Waals surface area (Å²) in [6, 6.07) is 9.93. The van der Waals surface area contributed by atoms with Gasteiger partial charge >= 0.3 is 5.97 Å². The first-order chi connectivity index (χ1) is 11.5. The predicted molar refractivity (Wildman–Crippen MR) is 101 cm³/mol. The molecule has 0 bridgehead atoms. The van der Waals surface area contributed by atoms with Crippen molar-refractivity contribution in [1.29, 1.82) is 0 Å². The summed E-state index contributed by atoms with van der Waals surface area (Å²) in [7, 11) is 1.80. The van der Waals surface area contributed by atoms with Gasteiger partial charge in [0.15, 0.2) is 0 Å². The third-order valence-electron chi connectivity index (χ3n) is 4.69. The Kier molecular flexibility index (Phi) is 8.89. The van der Waals surface area contributed by atoms with Crippen molar-refractivity contribution in [3.63, 3.8) is 0 Å². The van der Waals surface area contributed by atoms with E-state index in [1.165, 1.54) is 0 Å². The van der Waals surface area contributed by atoms with E-state index >= 15 is 0 Å². The fourth-order valence-corrected chi connectivity index (χ4v) is 3.21. The Labute approximate surface area is 155 Å². The van der Waals surface area contributed by atoms with Gasteiger partial charge < -0.3 is 10.0 Å². The summed E-state index contributed by atoms with van der Waals surface area (Å²) in [5, 5.41) is 8.98. The molecule has 0 saturated carbocycles. The largest absolute Gasteiger partial charge is 0.480 e. The van der Waals surface area contributed by atoms with Crippen LogP contribution in [0.25, 0.3) is 0 Å². The number of anilines is 1. The van der Waals surface area contributed by atoms with Gasteiger partial charge in [0, 0.05) is 31.9 Å². The summed E-state index contributed by atoms with van der Waals surface area (Å²) in [6.45, 7) is 4.89. The SMILES string of the molecule is CCN(CC(=O)O)C1CCN(CC(=O)N(C)c2ccccc2)CC1.Cl. The van der Waals surface area contributed by atoms with E-state index in [0.717, 1.165) is 38.2 Å². The molecule has 1 aromatic carbocycles. The van der Waals surface area contributed by atoms with Gasteiger partial charge in [-0.05, 0) is 31.5 Å². The lowest BCUT2D eigenvalue weighted by Gasteiger charge is -2.37. The molecular weight excluding hydrogens is 342 g/mol. The number of carbonyl (C=O) groups is 2. The zero-order valence-corrected chi connectivity index (χ0v) is 15.7. The zero-order chi connectivity index (χ0) is 17.5. The van der Waals surface area contributed by atoms with Crippen LogP contribution in [0.2, 0.25) is 0 Å². The van der Waals surface area contributed by atoms with Crippen molar-refractivity contribution >= 4 is 30.0 Å². The Morgan fingerprint density at radius 1 is 1.20 bits per heavy atom. The Hall–Kier alpha value is -1.63. The molecule has 1 aliphatic rings. The monoisotopic (exact) mass is 369 g/mol. The van der Waals surface area contributed by atoms with Gasteiger partial charge in [0.1, 0.15) is 0 Å². The van der Waals surface area contributed by atoms with Crippen molar-refractivity contribution < 1.29 is 14.7 Å². The Morgan fingerprint density at radius 2 is 1.80 bits per heavy atom. The molecule has 6 nitrogen and oxygen atoms in total. The Balaban J connectivity index is 0.00000312. The van der Waals surface area contributed by atoms with Crippen LogP contribution in [0.1, 0.15) is 19.8 Å². The molecule has 2 rings (SSSR count). The number of carboxylic acids is 1. The smallest absolute Gasteiger partial charge is 0.317 e. The van der Waals surface area contributed by atoms with E-state index in [9.17, 15) is 9.59 Å². The minimum absolute atomic E-state index is 0. The molecule has 1 saturated heterocycles. The number of para-hydroxylation sites is 1. The number of likely N-dealkylation sites (N-methyl/N-ethyl adjacent to an activating group) is 2. The standard InChI is InChI=1S/C18H27N3O3.ClH/c1-3-21(14-18(23)24)16-9-11-20(12-10-16)13-17(22)19(2)15-7-5-4-6-8-15;/h4-8,16H,3,9-14H2,1-2H3,(H,23,24);1H. The lowest BCUT2D eigenvalue weighted by atomic mass is 10.0. The molecule has 1 aliphatic heterocycles. The number of halogens is 1. The van der Waals surface area contributed by atoms with Crippen molar-refractivity contribution in [3.05, 3.63) is 30.3 Å². The first-order valence-corrected chi connectivity index (χ1v) is 8.51. The highest BCUT2D eigenvalue weighted by atomic mass is 35.5. The zero-order valence-electron chi connectivity index (χ0n) is 14.9. The molecule has 0 atom stereocenters. The van der Waals surface area contributed by atoms with Gasteiger partial charge in [0.25, 0.3) is 0 Å². The molecule has 0 radical (unpaired) electrons. The molecule has 1 aromatic rings. The minimum atomic E-state index is -0.779. The van der Waals surface area contributed by atoms with E-state index in [2.05, 4.69) is 4.90 Å². The van der Waals surface area contributed by atoms with Gasteiger partial charge in [-0.2, -0.15) is 0 Å². The maximum atomic E-state index is 12.4. The molecule has 0 unspecified atom stereocenters. The Morgan fingerprint density at radius 3 is 2.32 bits per heavy atom. The van der Waals surface area contributed by atoms with Crippen molar-refractivity contribution in [1.82, 2.24) is 9.80 Å². The average Bonchev–Trinajstić information content (AvgIpc) is 2.60. The summed E-state index contributed by atoms with van der Waals surface area (Å²) >= 11 is 0. The first kappa shape index (κ1) is 21.4. The molecule has 0 aliphatic carbocycles. The number of aliphatic carboxylic acids is 1. The van der Waals surface area contributed by atoms with E-state index in [-0.39, 0.29) is 24.9 Å². The van der Waals surface area contributed by atoms with Gasteiger partial charge in [-0.25, -0.2) is 0 Å². The number of piperidine rings is 1. The topological polar surface area (TPSA) is 64.1 Å². The molecule has 7 heteroatoms. The second-order valence-corrected chi connectivity index (χ2v) is 6.25. The van der Waals surface area contributed by atoms with Crippen molar-refractivity contribution in [2.45, 2.75) is 25.8 Å². The van der Waals surface area contributed by atoms with Gasteiger partial charge in [0.05, 0.1) is 13.1 Å². The molecule has 1 fully saturated rings. The summed E-state index contributed by atoms with van der Waals surface area (Å²) in [5.41, 5.74) is 0.899. The molecular formula is C18H28ClN3O3. The van der Waals surface area contributed by atoms with Crippen LogP contribution < -0.4 is 4.90 Å². The van der Waals surface area contributed by atoms with E-state index in [1.807, 2.05) is 42.2 Å². The molecule has 0 spiro atoms. The summed E-state index contributed by atoms with van der Waals surface area (Å²) in [6.07, 6.45) is 1.81. The maximum absolute atomic E-state index is 12.4. The van der Waals surface area contributed by atoms with Crippen LogP contribution in [0.3, 0.4) is 0 Å². The van der Waals surface area contributed by atoms with Crippen molar-refractivity contribution in [2.75, 3.05) is 44.7 Å². The van der Waals surface area contributed by atoms with Crippen molar-refractivity contribution in [3.8, 4) is 0 Å². The summed E-state index contributed by atoms with van der Waals surface area (Å²) in [5.74, 6) is -0.698. The number of carboxylic acid groups (broad SMARTS) is 1. The number of hydrogen-bond acceptors (Lipinski definition) is 4. The number of nitrogens with zero attached hydrogens (tertiary/aromatic N) is 3. The molecule has 1 amide bonds. The van der Waals surface area contributed by atoms with Crippen LogP contribution >= 0.6 is 12.4 Å². The quantitative estimate of drug-likeness (QED) is 0.795. The van der Waals surface area contributed by atoms with Crippen LogP contribution in [-0.4, -0.2) is 72.6 Å². The minimum Gasteiger partial charge on any atom is -0.480 e. The third kappa shape index (κ3) is 6.30. The summed E-state index contributed by atoms with van der Waals surface area (Å²) in [4.78, 5) is 29.2. The highest BCUT2D eigenvalue weighted by molar-refractivity contribution is 5.94. The van der Waals surface area contributed by atoms with Crippen molar-refractivity contribution in [2.24, 2.45) is 0 Å². The van der Waals surface area contributed by atoms with Crippen LogP contribution in [-0.2, 0) is 9.59 Å². The van der Waals surface area contributed by atoms with E-state index < -0.39 is 5.97 Å². The lowest BCUT2D eigenvalue weighted by molar-refractivity contribution is -0.139. The normalized spacial score (nSPS) is 15.6. The molecule has 1 heterocycles. The van der Waals surface area contributed by atoms with Gasteiger partial charge in [-0.3, -0.25) is 19.4 Å². The second kappa shape index (κ2) is 10.4. The van der Waals surface area contributed by atoms with Gasteiger partial charge in [-0.15, -0.1) is 12.4 Å². The first-order valence-electron chi connectivity index (χ1n) is 8.51. The fourth-order valence-electron chi connectivity index (χ4n) is 3.21. The maximum Gasteiger partial charge on any atom is 0.317 e. The van der Waals surface area contributed by atoms with Gasteiger partial charge in [0.2, 0.25) is 5.91 Å². The lowest BCUT2D eigenvalue weighted by Crippen LogP contribution is -2.48. The van der Waals surface area contributed by atoms with Crippen LogP contribution in [0.15, 0.2) is 30.3 Å². The number of amides is 1. The Bertz CT molecular complexity index is 548. The van der Waals surface area contributed by atoms with Crippen LogP contribution in [0, 0.1) is 0 Å². The van der Waals surface area contributed by atoms with Crippen LogP contribution in [0.5, 0.6) is 0 Å². The highest BCUT2D eigenvalue weighted by Gasteiger charge is 2.26. The van der Waals surface area contributed by atoms with E-state index in [4.69, 9.17) is 5.11 Å². The second-order valence-electron chi connectivity index (χ2n) is 6.25. The third-order valence-corrected chi connectivity index (χ3v) is 4.69. The van der Waals surface area contributed by atoms with Gasteiger partial charge in [-0.1, -0.05) is 25.1 Å². The number of likely N-dealkylation sites (tertiary alicyclic amines) is 1. The van der Waals surface area contributed by atoms with Crippen LogP contribution in [0.4, 0.5) is 5.69 Å². The molecule has 25 heavy (non-hydrogen) atoms. The average molecular weight is 370 g/mol. The predicted octanol–water partition coefficient (Wildman–Crippen LogP) is 1.94. The van der Waals surface area contributed by atoms with E-state index in [0.29, 0.717) is 12.6 Å². The summed E-state index contributed by atoms with van der Waals surface area (Å²) < 4.78 is 0. The number of rotatable bonds is 7. The fraction of sp³-hybridized carbons (Fsp3) is 0.556.